The number of nitrogens with one attached hydrogen (secondary N) is 1. The first-order valence-corrected chi connectivity index (χ1v) is 8.32. The summed E-state index contributed by atoms with van der Waals surface area (Å²) in [6.07, 6.45) is 6.13. The van der Waals surface area contributed by atoms with Gasteiger partial charge in [0.25, 0.3) is 0 Å². The van der Waals surface area contributed by atoms with E-state index in [1.807, 2.05) is 0 Å². The molecular formula is C18H29NO2. The van der Waals surface area contributed by atoms with E-state index in [-0.39, 0.29) is 0 Å². The molecule has 1 N–H and O–H groups in total. The van der Waals surface area contributed by atoms with Crippen LogP contribution >= 0.6 is 0 Å². The van der Waals surface area contributed by atoms with Crippen LogP contribution in [0.4, 0.5) is 0 Å². The Bertz CT molecular complexity index is 433. The fraction of sp³-hybridized carbons (Fsp3) is 0.667. The molecule has 1 aliphatic rings. The summed E-state index contributed by atoms with van der Waals surface area (Å²) in [6.45, 7) is 6.23. The number of rotatable bonds is 8. The maximum absolute atomic E-state index is 6.17. The summed E-state index contributed by atoms with van der Waals surface area (Å²) < 4.78 is 11.5. The van der Waals surface area contributed by atoms with Crippen molar-refractivity contribution in [2.24, 2.45) is 0 Å². The normalized spacial score (nSPS) is 21.1. The van der Waals surface area contributed by atoms with E-state index >= 15 is 0 Å². The average Bonchev–Trinajstić information content (AvgIpc) is 2.52. The standard InChI is InChI=1S/C18H29NO2/c1-4-6-7-12-21-17-11-8-14-13-15(20-3)9-10-16(14)18(17)19-5-2/h9-10,13,17-19H,4-8,11-12H2,1-3H3. The molecule has 0 saturated carbocycles. The second-order valence-electron chi connectivity index (χ2n) is 5.76. The van der Waals surface area contributed by atoms with Crippen LogP contribution < -0.4 is 10.1 Å². The van der Waals surface area contributed by atoms with Crippen molar-refractivity contribution in [2.75, 3.05) is 20.3 Å². The van der Waals surface area contributed by atoms with E-state index in [4.69, 9.17) is 9.47 Å². The number of hydrogen-bond acceptors (Lipinski definition) is 3. The zero-order chi connectivity index (χ0) is 15.1. The first kappa shape index (κ1) is 16.3. The quantitative estimate of drug-likeness (QED) is 0.738. The molecule has 2 rings (SSSR count). The molecule has 3 heteroatoms. The van der Waals surface area contributed by atoms with E-state index in [2.05, 4.69) is 37.4 Å². The summed E-state index contributed by atoms with van der Waals surface area (Å²) in [5.41, 5.74) is 2.78. The number of hydrogen-bond donors (Lipinski definition) is 1. The molecule has 0 spiro atoms. The van der Waals surface area contributed by atoms with Crippen LogP contribution in [0.25, 0.3) is 0 Å². The predicted octanol–water partition coefficient (Wildman–Crippen LogP) is 3.87. The fourth-order valence-electron chi connectivity index (χ4n) is 3.12. The van der Waals surface area contributed by atoms with Crippen LogP contribution in [0.2, 0.25) is 0 Å². The highest BCUT2D eigenvalue weighted by Crippen LogP contribution is 2.34. The first-order chi connectivity index (χ1) is 10.3. The van der Waals surface area contributed by atoms with E-state index in [1.54, 1.807) is 7.11 Å². The van der Waals surface area contributed by atoms with Gasteiger partial charge in [-0.25, -0.2) is 0 Å². The van der Waals surface area contributed by atoms with Crippen molar-refractivity contribution in [3.05, 3.63) is 29.3 Å². The molecule has 0 saturated heterocycles. The van der Waals surface area contributed by atoms with Gasteiger partial charge in [-0.3, -0.25) is 0 Å². The topological polar surface area (TPSA) is 30.5 Å². The summed E-state index contributed by atoms with van der Waals surface area (Å²) in [6, 6.07) is 6.74. The Morgan fingerprint density at radius 2 is 2.10 bits per heavy atom. The zero-order valence-corrected chi connectivity index (χ0v) is 13.7. The minimum Gasteiger partial charge on any atom is -0.497 e. The Balaban J connectivity index is 2.07. The molecular weight excluding hydrogens is 262 g/mol. The smallest absolute Gasteiger partial charge is 0.119 e. The summed E-state index contributed by atoms with van der Waals surface area (Å²) in [5, 5.41) is 3.60. The Labute approximate surface area is 129 Å². The van der Waals surface area contributed by atoms with Gasteiger partial charge in [-0.05, 0) is 49.1 Å². The number of fused-ring (bicyclic) bond motifs is 1. The largest absolute Gasteiger partial charge is 0.497 e. The summed E-state index contributed by atoms with van der Waals surface area (Å²) >= 11 is 0. The van der Waals surface area contributed by atoms with Gasteiger partial charge in [-0.1, -0.05) is 32.8 Å². The molecule has 3 nitrogen and oxygen atoms in total. The van der Waals surface area contributed by atoms with Crippen LogP contribution in [0.5, 0.6) is 5.75 Å². The Hall–Kier alpha value is -1.06. The van der Waals surface area contributed by atoms with Crippen LogP contribution in [0.1, 0.15) is 56.7 Å². The van der Waals surface area contributed by atoms with E-state index in [0.29, 0.717) is 12.1 Å². The number of unbranched alkanes of at least 4 members (excludes halogenated alkanes) is 2. The van der Waals surface area contributed by atoms with Gasteiger partial charge in [-0.15, -0.1) is 0 Å². The maximum Gasteiger partial charge on any atom is 0.119 e. The maximum atomic E-state index is 6.17. The molecule has 118 valence electrons. The minimum atomic E-state index is 0.294. The molecule has 0 amide bonds. The van der Waals surface area contributed by atoms with E-state index in [9.17, 15) is 0 Å². The molecule has 0 radical (unpaired) electrons. The van der Waals surface area contributed by atoms with Gasteiger partial charge in [0, 0.05) is 6.61 Å². The number of aryl methyl sites for hydroxylation is 1. The van der Waals surface area contributed by atoms with Crippen LogP contribution in [-0.4, -0.2) is 26.4 Å². The van der Waals surface area contributed by atoms with Gasteiger partial charge in [-0.2, -0.15) is 0 Å². The molecule has 0 aromatic heterocycles. The van der Waals surface area contributed by atoms with Crippen molar-refractivity contribution in [3.63, 3.8) is 0 Å². The van der Waals surface area contributed by atoms with Gasteiger partial charge in [0.1, 0.15) is 5.75 Å². The van der Waals surface area contributed by atoms with Crippen LogP contribution in [0.15, 0.2) is 18.2 Å². The van der Waals surface area contributed by atoms with E-state index in [0.717, 1.165) is 31.7 Å². The molecule has 21 heavy (non-hydrogen) atoms. The first-order valence-electron chi connectivity index (χ1n) is 8.32. The number of likely N-dealkylation sites (N-methyl/N-ethyl adjacent to an activating group) is 1. The van der Waals surface area contributed by atoms with Crippen molar-refractivity contribution in [2.45, 2.75) is 58.1 Å². The van der Waals surface area contributed by atoms with Gasteiger partial charge in [0.05, 0.1) is 19.3 Å². The molecule has 1 aromatic carbocycles. The SMILES string of the molecule is CCCCCOC1CCc2cc(OC)ccc2C1NCC. The third kappa shape index (κ3) is 4.21. The highest BCUT2D eigenvalue weighted by molar-refractivity contribution is 5.40. The molecule has 1 aliphatic carbocycles. The lowest BCUT2D eigenvalue weighted by Gasteiger charge is -2.34. The van der Waals surface area contributed by atoms with Crippen molar-refractivity contribution in [1.82, 2.24) is 5.32 Å². The number of methoxy groups -OCH3 is 1. The Morgan fingerprint density at radius 3 is 2.81 bits per heavy atom. The van der Waals surface area contributed by atoms with Gasteiger partial charge < -0.3 is 14.8 Å². The minimum absolute atomic E-state index is 0.294. The summed E-state index contributed by atoms with van der Waals surface area (Å²) in [7, 11) is 1.73. The second-order valence-corrected chi connectivity index (χ2v) is 5.76. The van der Waals surface area contributed by atoms with Gasteiger partial charge in [0.2, 0.25) is 0 Å². The van der Waals surface area contributed by atoms with Crippen molar-refractivity contribution in [1.29, 1.82) is 0 Å². The van der Waals surface area contributed by atoms with Crippen LogP contribution in [-0.2, 0) is 11.2 Å². The molecule has 0 fully saturated rings. The summed E-state index contributed by atoms with van der Waals surface area (Å²) in [5.74, 6) is 0.950. The highest BCUT2D eigenvalue weighted by atomic mass is 16.5. The van der Waals surface area contributed by atoms with E-state index < -0.39 is 0 Å². The third-order valence-corrected chi connectivity index (χ3v) is 4.26. The Morgan fingerprint density at radius 1 is 1.24 bits per heavy atom. The molecule has 2 unspecified atom stereocenters. The molecule has 0 bridgehead atoms. The molecule has 2 atom stereocenters. The lowest BCUT2D eigenvalue weighted by Crippen LogP contribution is -2.37. The van der Waals surface area contributed by atoms with Gasteiger partial charge >= 0.3 is 0 Å². The highest BCUT2D eigenvalue weighted by Gasteiger charge is 2.29. The van der Waals surface area contributed by atoms with Gasteiger partial charge in [0.15, 0.2) is 0 Å². The number of ether oxygens (including phenoxy) is 2. The second kappa shape index (κ2) is 8.40. The monoisotopic (exact) mass is 291 g/mol. The van der Waals surface area contributed by atoms with Crippen LogP contribution in [0.3, 0.4) is 0 Å². The molecule has 0 aliphatic heterocycles. The summed E-state index contributed by atoms with van der Waals surface area (Å²) in [4.78, 5) is 0. The lowest BCUT2D eigenvalue weighted by atomic mass is 9.85. The third-order valence-electron chi connectivity index (χ3n) is 4.26. The van der Waals surface area contributed by atoms with E-state index in [1.165, 1.54) is 30.4 Å². The zero-order valence-electron chi connectivity index (χ0n) is 13.7. The average molecular weight is 291 g/mol. The van der Waals surface area contributed by atoms with Crippen molar-refractivity contribution in [3.8, 4) is 5.75 Å². The predicted molar refractivity (Wildman–Crippen MR) is 87.0 cm³/mol. The molecule has 0 heterocycles. The van der Waals surface area contributed by atoms with Crippen molar-refractivity contribution < 1.29 is 9.47 Å². The molecule has 1 aromatic rings. The Kier molecular flexibility index (Phi) is 6.52. The number of benzene rings is 1. The lowest BCUT2D eigenvalue weighted by molar-refractivity contribution is 0.0141. The fourth-order valence-corrected chi connectivity index (χ4v) is 3.12. The van der Waals surface area contributed by atoms with Crippen molar-refractivity contribution >= 4 is 0 Å². The van der Waals surface area contributed by atoms with Crippen LogP contribution in [0, 0.1) is 0 Å².